The third kappa shape index (κ3) is 3.34. The van der Waals surface area contributed by atoms with Crippen LogP contribution in [0.3, 0.4) is 0 Å². The van der Waals surface area contributed by atoms with Crippen LogP contribution in [0.2, 0.25) is 0 Å². The van der Waals surface area contributed by atoms with Crippen molar-refractivity contribution in [3.8, 4) is 0 Å². The second-order valence-electron chi connectivity index (χ2n) is 2.27. The Hall–Kier alpha value is -1.09. The van der Waals surface area contributed by atoms with Crippen LogP contribution in [0.1, 0.15) is 20.8 Å². The van der Waals surface area contributed by atoms with Gasteiger partial charge in [0.25, 0.3) is 0 Å². The van der Waals surface area contributed by atoms with Crippen LogP contribution in [-0.2, 0) is 9.53 Å². The highest BCUT2D eigenvalue weighted by molar-refractivity contribution is 5.88. The molecule has 1 N–H and O–H groups in total. The summed E-state index contributed by atoms with van der Waals surface area (Å²) in [6.07, 6.45) is 3.22. The molecule has 0 fully saturated rings. The first kappa shape index (κ1) is 10.9. The number of ether oxygens (including phenoxy) is 1. The van der Waals surface area contributed by atoms with Gasteiger partial charge >= 0.3 is 5.97 Å². The highest BCUT2D eigenvalue weighted by atomic mass is 16.5. The molecule has 0 unspecified atom stereocenters. The van der Waals surface area contributed by atoms with Crippen molar-refractivity contribution in [1.29, 1.82) is 0 Å². The quantitative estimate of drug-likeness (QED) is 0.395. The lowest BCUT2D eigenvalue weighted by Gasteiger charge is -2.04. The molecule has 0 aliphatic carbocycles. The standard InChI is InChI=1S/C9H14O3/c1-4-7(3)9(11)12-8(5-2)6-10/h4-5,10H,6H2,1-3H3. The number of rotatable bonds is 3. The third-order valence-corrected chi connectivity index (χ3v) is 1.46. The Labute approximate surface area is 72.3 Å². The Morgan fingerprint density at radius 1 is 1.42 bits per heavy atom. The van der Waals surface area contributed by atoms with Crippen LogP contribution in [0.4, 0.5) is 0 Å². The maximum absolute atomic E-state index is 11.1. The zero-order valence-electron chi connectivity index (χ0n) is 7.63. The molecule has 0 aromatic carbocycles. The van der Waals surface area contributed by atoms with Gasteiger partial charge < -0.3 is 9.84 Å². The molecule has 68 valence electrons. The summed E-state index contributed by atoms with van der Waals surface area (Å²) in [6.45, 7) is 4.86. The molecule has 0 radical (unpaired) electrons. The molecule has 0 spiro atoms. The maximum Gasteiger partial charge on any atom is 0.338 e. The minimum absolute atomic E-state index is 0.251. The van der Waals surface area contributed by atoms with Crippen LogP contribution in [0.15, 0.2) is 23.5 Å². The molecule has 0 bridgehead atoms. The van der Waals surface area contributed by atoms with Gasteiger partial charge in [-0.05, 0) is 26.8 Å². The summed E-state index contributed by atoms with van der Waals surface area (Å²) in [4.78, 5) is 11.1. The monoisotopic (exact) mass is 170 g/mol. The number of hydrogen-bond acceptors (Lipinski definition) is 3. The normalized spacial score (nSPS) is 13.0. The fourth-order valence-corrected chi connectivity index (χ4v) is 0.500. The number of allylic oxidation sites excluding steroid dienone is 2. The van der Waals surface area contributed by atoms with Crippen molar-refractivity contribution >= 4 is 5.97 Å². The van der Waals surface area contributed by atoms with Crippen molar-refractivity contribution in [3.63, 3.8) is 0 Å². The van der Waals surface area contributed by atoms with Crippen LogP contribution in [0.25, 0.3) is 0 Å². The molecular formula is C9H14O3. The molecule has 0 aromatic heterocycles. The molecule has 12 heavy (non-hydrogen) atoms. The zero-order chi connectivity index (χ0) is 9.56. The summed E-state index contributed by atoms with van der Waals surface area (Å²) >= 11 is 0. The predicted molar refractivity (Wildman–Crippen MR) is 46.4 cm³/mol. The molecule has 3 heteroatoms. The number of esters is 1. The minimum atomic E-state index is -0.417. The van der Waals surface area contributed by atoms with E-state index in [2.05, 4.69) is 0 Å². The minimum Gasteiger partial charge on any atom is -0.426 e. The molecule has 0 aliphatic heterocycles. The Balaban J connectivity index is 4.18. The van der Waals surface area contributed by atoms with Gasteiger partial charge in [0.1, 0.15) is 12.4 Å². The lowest BCUT2D eigenvalue weighted by atomic mass is 10.3. The molecule has 0 atom stereocenters. The van der Waals surface area contributed by atoms with Gasteiger partial charge in [-0.25, -0.2) is 4.79 Å². The Kier molecular flexibility index (Phi) is 5.04. The van der Waals surface area contributed by atoms with Crippen LogP contribution < -0.4 is 0 Å². The molecule has 0 rings (SSSR count). The number of carbonyl (C=O) groups is 1. The van der Waals surface area contributed by atoms with E-state index in [0.717, 1.165) is 0 Å². The van der Waals surface area contributed by atoms with Crippen molar-refractivity contribution in [2.24, 2.45) is 0 Å². The van der Waals surface area contributed by atoms with Crippen molar-refractivity contribution in [2.45, 2.75) is 20.8 Å². The van der Waals surface area contributed by atoms with E-state index < -0.39 is 5.97 Å². The van der Waals surface area contributed by atoms with E-state index in [4.69, 9.17) is 9.84 Å². The summed E-state index contributed by atoms with van der Waals surface area (Å²) in [7, 11) is 0. The Bertz CT molecular complexity index is 214. The molecular weight excluding hydrogens is 156 g/mol. The van der Waals surface area contributed by atoms with Gasteiger partial charge in [-0.1, -0.05) is 6.08 Å². The lowest BCUT2D eigenvalue weighted by molar-refractivity contribution is -0.135. The first-order chi connectivity index (χ1) is 5.65. The van der Waals surface area contributed by atoms with Gasteiger partial charge in [0.05, 0.1) is 0 Å². The number of hydrogen-bond donors (Lipinski definition) is 1. The van der Waals surface area contributed by atoms with Crippen molar-refractivity contribution in [3.05, 3.63) is 23.5 Å². The van der Waals surface area contributed by atoms with Gasteiger partial charge in [0, 0.05) is 5.57 Å². The number of aliphatic hydroxyl groups excluding tert-OH is 1. The fraction of sp³-hybridized carbons (Fsp3) is 0.444. The van der Waals surface area contributed by atoms with Crippen LogP contribution in [0.5, 0.6) is 0 Å². The smallest absolute Gasteiger partial charge is 0.338 e. The van der Waals surface area contributed by atoms with Crippen molar-refractivity contribution < 1.29 is 14.6 Å². The van der Waals surface area contributed by atoms with Gasteiger partial charge in [-0.2, -0.15) is 0 Å². The van der Waals surface area contributed by atoms with Gasteiger partial charge in [-0.3, -0.25) is 0 Å². The highest BCUT2D eigenvalue weighted by Gasteiger charge is 2.06. The molecule has 0 saturated heterocycles. The summed E-state index contributed by atoms with van der Waals surface area (Å²) in [5.41, 5.74) is 0.530. The third-order valence-electron chi connectivity index (χ3n) is 1.46. The molecule has 0 amide bonds. The summed E-state index contributed by atoms with van der Waals surface area (Å²) in [5, 5.41) is 8.66. The predicted octanol–water partition coefficient (Wildman–Crippen LogP) is 1.39. The SMILES string of the molecule is CC=C(CO)OC(=O)C(C)=CC. The molecule has 0 aliphatic rings. The van der Waals surface area contributed by atoms with E-state index in [1.807, 2.05) is 0 Å². The average molecular weight is 170 g/mol. The fourth-order valence-electron chi connectivity index (χ4n) is 0.500. The summed E-state index contributed by atoms with van der Waals surface area (Å²) in [5.74, 6) is -0.138. The highest BCUT2D eigenvalue weighted by Crippen LogP contribution is 2.02. The molecule has 3 nitrogen and oxygen atoms in total. The second kappa shape index (κ2) is 5.55. The van der Waals surface area contributed by atoms with Crippen LogP contribution in [-0.4, -0.2) is 17.7 Å². The van der Waals surface area contributed by atoms with Gasteiger partial charge in [0.15, 0.2) is 0 Å². The van der Waals surface area contributed by atoms with Crippen molar-refractivity contribution in [2.75, 3.05) is 6.61 Å². The van der Waals surface area contributed by atoms with E-state index in [-0.39, 0.29) is 12.4 Å². The molecule has 0 saturated carbocycles. The van der Waals surface area contributed by atoms with Gasteiger partial charge in [-0.15, -0.1) is 0 Å². The number of aliphatic hydroxyl groups is 1. The van der Waals surface area contributed by atoms with E-state index in [0.29, 0.717) is 5.57 Å². The van der Waals surface area contributed by atoms with Crippen LogP contribution >= 0.6 is 0 Å². The molecule has 0 heterocycles. The first-order valence-electron chi connectivity index (χ1n) is 3.76. The topological polar surface area (TPSA) is 46.5 Å². The average Bonchev–Trinajstić information content (AvgIpc) is 2.12. The summed E-state index contributed by atoms with van der Waals surface area (Å²) < 4.78 is 4.81. The van der Waals surface area contributed by atoms with Crippen molar-refractivity contribution in [1.82, 2.24) is 0 Å². The van der Waals surface area contributed by atoms with E-state index in [1.54, 1.807) is 32.9 Å². The Morgan fingerprint density at radius 2 is 2.00 bits per heavy atom. The van der Waals surface area contributed by atoms with E-state index in [9.17, 15) is 4.79 Å². The molecule has 0 aromatic rings. The van der Waals surface area contributed by atoms with E-state index >= 15 is 0 Å². The zero-order valence-corrected chi connectivity index (χ0v) is 7.63. The summed E-state index contributed by atoms with van der Waals surface area (Å²) in [6, 6.07) is 0. The van der Waals surface area contributed by atoms with E-state index in [1.165, 1.54) is 0 Å². The second-order valence-corrected chi connectivity index (χ2v) is 2.27. The Morgan fingerprint density at radius 3 is 2.33 bits per heavy atom. The lowest BCUT2D eigenvalue weighted by Crippen LogP contribution is -2.07. The largest absolute Gasteiger partial charge is 0.426 e. The number of carbonyl (C=O) groups excluding carboxylic acids is 1. The first-order valence-corrected chi connectivity index (χ1v) is 3.76. The van der Waals surface area contributed by atoms with Gasteiger partial charge in [0.2, 0.25) is 0 Å². The van der Waals surface area contributed by atoms with Crippen LogP contribution in [0, 0.1) is 0 Å². The maximum atomic E-state index is 11.1.